The first-order valence-electron chi connectivity index (χ1n) is 9.74. The van der Waals surface area contributed by atoms with Crippen molar-refractivity contribution in [2.45, 2.75) is 6.42 Å². The number of methoxy groups -OCH3 is 1. The van der Waals surface area contributed by atoms with Crippen LogP contribution in [0.1, 0.15) is 12.1 Å². The third kappa shape index (κ3) is 4.54. The van der Waals surface area contributed by atoms with Gasteiger partial charge in [-0.3, -0.25) is 0 Å². The van der Waals surface area contributed by atoms with Crippen molar-refractivity contribution in [3.63, 3.8) is 0 Å². The van der Waals surface area contributed by atoms with Gasteiger partial charge in [0, 0.05) is 42.2 Å². The molecule has 2 aromatic heterocycles. The molecule has 0 fully saturated rings. The van der Waals surface area contributed by atoms with Crippen molar-refractivity contribution in [3.05, 3.63) is 54.1 Å². The summed E-state index contributed by atoms with van der Waals surface area (Å²) < 4.78 is 68.0. The van der Waals surface area contributed by atoms with E-state index in [1.54, 1.807) is 24.4 Å². The van der Waals surface area contributed by atoms with E-state index >= 15 is 0 Å². The highest BCUT2D eigenvalue weighted by atomic mass is 32.3. The van der Waals surface area contributed by atoms with E-state index in [9.17, 15) is 21.2 Å². The number of aromatic amines is 1. The molecule has 0 saturated heterocycles. The molecule has 0 radical (unpaired) electrons. The lowest BCUT2D eigenvalue weighted by Crippen LogP contribution is -2.38. The first kappa shape index (κ1) is 22.4. The van der Waals surface area contributed by atoms with Gasteiger partial charge in [-0.25, -0.2) is 26.2 Å². The van der Waals surface area contributed by atoms with Gasteiger partial charge >= 0.3 is 0 Å². The molecule has 0 unspecified atom stereocenters. The van der Waals surface area contributed by atoms with Crippen molar-refractivity contribution >= 4 is 36.5 Å². The van der Waals surface area contributed by atoms with Crippen LogP contribution in [0.15, 0.2) is 42.6 Å². The molecule has 0 aliphatic carbocycles. The monoisotopic (exact) mass is 479 g/mol. The second-order valence-electron chi connectivity index (χ2n) is 7.64. The number of fused-ring (bicyclic) bond motifs is 1. The first-order chi connectivity index (χ1) is 15.1. The molecule has 3 aromatic rings. The Bertz CT molecular complexity index is 1430. The summed E-state index contributed by atoms with van der Waals surface area (Å²) in [5, 5.41) is -0.127. The average molecular weight is 480 g/mol. The van der Waals surface area contributed by atoms with E-state index in [1.807, 2.05) is 6.07 Å². The normalized spacial score (nSPS) is 15.7. The molecule has 0 atom stereocenters. The molecule has 1 aliphatic rings. The quantitative estimate of drug-likeness (QED) is 0.582. The Morgan fingerprint density at radius 3 is 2.59 bits per heavy atom. The Morgan fingerprint density at radius 2 is 1.94 bits per heavy atom. The topological polar surface area (TPSA) is 109 Å². The van der Waals surface area contributed by atoms with Crippen molar-refractivity contribution in [3.8, 4) is 16.9 Å². The summed E-state index contributed by atoms with van der Waals surface area (Å²) in [6, 6.07) is 7.99. The highest BCUT2D eigenvalue weighted by Gasteiger charge is 2.28. The Labute approximate surface area is 185 Å². The van der Waals surface area contributed by atoms with Crippen LogP contribution in [0.4, 0.5) is 4.39 Å². The van der Waals surface area contributed by atoms with Crippen molar-refractivity contribution in [2.24, 2.45) is 0 Å². The number of sulfonamides is 1. The zero-order chi connectivity index (χ0) is 23.1. The number of nitrogens with one attached hydrogen (secondary N) is 1. The van der Waals surface area contributed by atoms with Gasteiger partial charge in [0.25, 0.3) is 0 Å². The maximum atomic E-state index is 13.9. The number of nitrogens with zero attached hydrogens (tertiary/aromatic N) is 2. The number of sulfone groups is 1. The maximum absolute atomic E-state index is 13.9. The van der Waals surface area contributed by atoms with Crippen LogP contribution in [-0.4, -0.2) is 62.6 Å². The summed E-state index contributed by atoms with van der Waals surface area (Å²) in [5.74, 6) is 0.150. The molecule has 170 valence electrons. The van der Waals surface area contributed by atoms with Gasteiger partial charge in [-0.05, 0) is 47.9 Å². The highest BCUT2D eigenvalue weighted by molar-refractivity contribution is 8.06. The number of H-pyrrole nitrogens is 1. The minimum atomic E-state index is -3.90. The number of hydrogen-bond donors (Lipinski definition) is 1. The second-order valence-corrected chi connectivity index (χ2v) is 12.1. The molecular formula is C21H22FN3O5S2. The smallest absolute Gasteiger partial charge is 0.228 e. The van der Waals surface area contributed by atoms with Gasteiger partial charge in [0.2, 0.25) is 10.0 Å². The Balaban J connectivity index is 1.68. The van der Waals surface area contributed by atoms with Gasteiger partial charge in [-0.1, -0.05) is 6.08 Å². The number of rotatable bonds is 6. The molecule has 11 heteroatoms. The summed E-state index contributed by atoms with van der Waals surface area (Å²) in [4.78, 5) is 7.61. The van der Waals surface area contributed by atoms with Crippen LogP contribution in [-0.2, 0) is 19.9 Å². The number of hydrogen-bond acceptors (Lipinski definition) is 6. The van der Waals surface area contributed by atoms with Crippen LogP contribution in [0, 0.1) is 5.82 Å². The standard InChI is InChI=1S/C21H22FN3O5S2/c1-30-20-4-3-15(22)11-17(20)16-5-8-23-21-18(16)12-19(24-21)14-6-9-25(10-7-14)32(28,29)13-31(2,26)27/h3-6,8,11-12H,7,9-10,13H2,1-2H3,(H,23,24). The lowest BCUT2D eigenvalue weighted by Gasteiger charge is -2.25. The lowest BCUT2D eigenvalue weighted by molar-refractivity contribution is 0.415. The van der Waals surface area contributed by atoms with E-state index in [-0.39, 0.29) is 18.9 Å². The van der Waals surface area contributed by atoms with Crippen molar-refractivity contribution in [1.29, 1.82) is 0 Å². The molecule has 4 rings (SSSR count). The molecule has 1 N–H and O–H groups in total. The summed E-state index contributed by atoms with van der Waals surface area (Å²) in [5.41, 5.74) is 3.63. The number of benzene rings is 1. The van der Waals surface area contributed by atoms with Crippen molar-refractivity contribution in [2.75, 3.05) is 31.5 Å². The minimum absolute atomic E-state index is 0.0839. The van der Waals surface area contributed by atoms with Crippen LogP contribution in [0.5, 0.6) is 5.75 Å². The zero-order valence-corrected chi connectivity index (χ0v) is 19.1. The molecule has 32 heavy (non-hydrogen) atoms. The highest BCUT2D eigenvalue weighted by Crippen LogP contribution is 2.36. The first-order valence-corrected chi connectivity index (χ1v) is 13.4. The van der Waals surface area contributed by atoms with Crippen LogP contribution in [0.25, 0.3) is 27.7 Å². The molecular weight excluding hydrogens is 457 g/mol. The van der Waals surface area contributed by atoms with Gasteiger partial charge in [0.05, 0.1) is 7.11 Å². The Hall–Kier alpha value is -2.76. The van der Waals surface area contributed by atoms with E-state index in [4.69, 9.17) is 4.74 Å². The Kier molecular flexibility index (Phi) is 5.82. The molecule has 1 aromatic carbocycles. The van der Waals surface area contributed by atoms with Crippen molar-refractivity contribution < 1.29 is 26.0 Å². The lowest BCUT2D eigenvalue weighted by atomic mass is 10.0. The van der Waals surface area contributed by atoms with Gasteiger partial charge in [0.15, 0.2) is 14.9 Å². The SMILES string of the molecule is COc1ccc(F)cc1-c1ccnc2[nH]c(C3=CCN(S(=O)(=O)CS(C)(=O)=O)CC3)cc12. The third-order valence-corrected chi connectivity index (χ3v) is 9.28. The molecule has 1 aliphatic heterocycles. The van der Waals surface area contributed by atoms with Crippen LogP contribution in [0.2, 0.25) is 0 Å². The molecule has 8 nitrogen and oxygen atoms in total. The summed E-state index contributed by atoms with van der Waals surface area (Å²) in [6.45, 7) is 0.262. The molecule has 0 spiro atoms. The van der Waals surface area contributed by atoms with Crippen LogP contribution >= 0.6 is 0 Å². The van der Waals surface area contributed by atoms with Gasteiger partial charge in [0.1, 0.15) is 17.2 Å². The zero-order valence-electron chi connectivity index (χ0n) is 17.5. The largest absolute Gasteiger partial charge is 0.496 e. The number of ether oxygens (including phenoxy) is 1. The minimum Gasteiger partial charge on any atom is -0.496 e. The maximum Gasteiger partial charge on any atom is 0.228 e. The van der Waals surface area contributed by atoms with Gasteiger partial charge < -0.3 is 9.72 Å². The molecule has 0 bridgehead atoms. The van der Waals surface area contributed by atoms with Crippen LogP contribution < -0.4 is 4.74 Å². The molecule has 3 heterocycles. The average Bonchev–Trinajstić information content (AvgIpc) is 3.16. The van der Waals surface area contributed by atoms with E-state index in [0.29, 0.717) is 23.4 Å². The predicted molar refractivity (Wildman–Crippen MR) is 121 cm³/mol. The fourth-order valence-electron chi connectivity index (χ4n) is 3.82. The third-order valence-electron chi connectivity index (χ3n) is 5.26. The molecule has 0 saturated carbocycles. The fraction of sp³-hybridized carbons (Fsp3) is 0.286. The van der Waals surface area contributed by atoms with E-state index in [0.717, 1.165) is 28.5 Å². The number of pyridine rings is 1. The summed E-state index contributed by atoms with van der Waals surface area (Å²) in [7, 11) is -6.03. The number of halogens is 1. The van der Waals surface area contributed by atoms with Gasteiger partial charge in [-0.2, -0.15) is 4.31 Å². The second kappa shape index (κ2) is 8.30. The van der Waals surface area contributed by atoms with E-state index in [1.165, 1.54) is 23.5 Å². The Morgan fingerprint density at radius 1 is 1.16 bits per heavy atom. The predicted octanol–water partition coefficient (Wildman–Crippen LogP) is 2.80. The fourth-order valence-corrected chi connectivity index (χ4v) is 7.25. The van der Waals surface area contributed by atoms with Crippen molar-refractivity contribution in [1.82, 2.24) is 14.3 Å². The van der Waals surface area contributed by atoms with E-state index < -0.39 is 24.9 Å². The molecule has 0 amide bonds. The summed E-state index contributed by atoms with van der Waals surface area (Å²) >= 11 is 0. The summed E-state index contributed by atoms with van der Waals surface area (Å²) in [6.07, 6.45) is 4.69. The van der Waals surface area contributed by atoms with Gasteiger partial charge in [-0.15, -0.1) is 0 Å². The van der Waals surface area contributed by atoms with E-state index in [2.05, 4.69) is 9.97 Å². The number of aromatic nitrogens is 2. The van der Waals surface area contributed by atoms with Crippen LogP contribution in [0.3, 0.4) is 0 Å².